The zero-order chi connectivity index (χ0) is 11.4. The standard InChI is InChI=1S/C9H13NO5/c1-2-3-4-6-5-7(11)10(8(6)12)15-9(13)14/h6H,2-5H2,1H3,(H,13,14). The molecule has 1 saturated heterocycles. The maximum Gasteiger partial charge on any atom is 0.531 e. The first-order valence-corrected chi connectivity index (χ1v) is 4.84. The monoisotopic (exact) mass is 215 g/mol. The molecule has 15 heavy (non-hydrogen) atoms. The Labute approximate surface area is 86.8 Å². The number of imide groups is 1. The Kier molecular flexibility index (Phi) is 3.65. The first kappa shape index (κ1) is 11.5. The van der Waals surface area contributed by atoms with Gasteiger partial charge < -0.3 is 5.11 Å². The highest BCUT2D eigenvalue weighted by atomic mass is 16.8. The van der Waals surface area contributed by atoms with Gasteiger partial charge in [0.15, 0.2) is 0 Å². The Morgan fingerprint density at radius 1 is 1.60 bits per heavy atom. The van der Waals surface area contributed by atoms with Crippen molar-refractivity contribution in [1.29, 1.82) is 0 Å². The van der Waals surface area contributed by atoms with Gasteiger partial charge in [-0.3, -0.25) is 14.4 Å². The predicted molar refractivity (Wildman–Crippen MR) is 48.6 cm³/mol. The van der Waals surface area contributed by atoms with Crippen molar-refractivity contribution >= 4 is 18.0 Å². The van der Waals surface area contributed by atoms with E-state index in [0.717, 1.165) is 12.8 Å². The average molecular weight is 215 g/mol. The van der Waals surface area contributed by atoms with Crippen LogP contribution in [0.2, 0.25) is 0 Å². The Morgan fingerprint density at radius 3 is 2.80 bits per heavy atom. The summed E-state index contributed by atoms with van der Waals surface area (Å²) in [5.74, 6) is -1.55. The van der Waals surface area contributed by atoms with E-state index in [2.05, 4.69) is 4.84 Å². The molecule has 0 aromatic rings. The van der Waals surface area contributed by atoms with Crippen molar-refractivity contribution < 1.29 is 24.3 Å². The maximum absolute atomic E-state index is 11.5. The van der Waals surface area contributed by atoms with E-state index in [9.17, 15) is 14.4 Å². The van der Waals surface area contributed by atoms with Gasteiger partial charge in [-0.2, -0.15) is 0 Å². The number of hydrogen-bond acceptors (Lipinski definition) is 4. The second kappa shape index (κ2) is 4.77. The average Bonchev–Trinajstić information content (AvgIpc) is 2.42. The highest BCUT2D eigenvalue weighted by molar-refractivity contribution is 6.02. The molecule has 6 heteroatoms. The van der Waals surface area contributed by atoms with Crippen LogP contribution in [0.5, 0.6) is 0 Å². The SMILES string of the molecule is CCCCC1CC(=O)N(OC(=O)O)C1=O. The molecule has 0 aliphatic carbocycles. The van der Waals surface area contributed by atoms with Crippen molar-refractivity contribution in [1.82, 2.24) is 5.06 Å². The van der Waals surface area contributed by atoms with Gasteiger partial charge in [0.05, 0.1) is 5.92 Å². The lowest BCUT2D eigenvalue weighted by molar-refractivity contribution is -0.176. The molecule has 1 unspecified atom stereocenters. The van der Waals surface area contributed by atoms with Gasteiger partial charge in [-0.15, -0.1) is 0 Å². The van der Waals surface area contributed by atoms with Crippen LogP contribution < -0.4 is 0 Å². The smallest absolute Gasteiger partial charge is 0.448 e. The van der Waals surface area contributed by atoms with Crippen LogP contribution in [0, 0.1) is 5.92 Å². The van der Waals surface area contributed by atoms with Gasteiger partial charge in [0.2, 0.25) is 0 Å². The number of carbonyl (C=O) groups excluding carboxylic acids is 2. The molecular weight excluding hydrogens is 202 g/mol. The summed E-state index contributed by atoms with van der Waals surface area (Å²) in [5.41, 5.74) is 0. The molecule has 1 rings (SSSR count). The molecule has 1 atom stereocenters. The highest BCUT2D eigenvalue weighted by Gasteiger charge is 2.41. The number of carbonyl (C=O) groups is 3. The molecule has 2 amide bonds. The largest absolute Gasteiger partial charge is 0.531 e. The van der Waals surface area contributed by atoms with Crippen LogP contribution >= 0.6 is 0 Å². The number of hydrogen-bond donors (Lipinski definition) is 1. The van der Waals surface area contributed by atoms with Crippen LogP contribution in [0.1, 0.15) is 32.6 Å². The molecule has 0 aromatic heterocycles. The number of hydroxylamine groups is 2. The van der Waals surface area contributed by atoms with E-state index < -0.39 is 23.9 Å². The first-order valence-electron chi connectivity index (χ1n) is 4.84. The third-order valence-electron chi connectivity index (χ3n) is 2.27. The minimum absolute atomic E-state index is 0.0477. The molecule has 84 valence electrons. The molecule has 1 N–H and O–H groups in total. The zero-order valence-corrected chi connectivity index (χ0v) is 8.43. The fourth-order valence-corrected chi connectivity index (χ4v) is 1.52. The lowest BCUT2D eigenvalue weighted by atomic mass is 10.0. The summed E-state index contributed by atoms with van der Waals surface area (Å²) >= 11 is 0. The van der Waals surface area contributed by atoms with Gasteiger partial charge in [-0.1, -0.05) is 24.8 Å². The van der Waals surface area contributed by atoms with Gasteiger partial charge in [-0.25, -0.2) is 4.79 Å². The van der Waals surface area contributed by atoms with Gasteiger partial charge >= 0.3 is 6.16 Å². The highest BCUT2D eigenvalue weighted by Crippen LogP contribution is 2.24. The molecule has 1 aliphatic heterocycles. The normalized spacial score (nSPS) is 20.9. The van der Waals surface area contributed by atoms with Crippen molar-refractivity contribution in [3.63, 3.8) is 0 Å². The van der Waals surface area contributed by atoms with Crippen LogP contribution in [0.25, 0.3) is 0 Å². The van der Waals surface area contributed by atoms with Gasteiger partial charge in [-0.05, 0) is 6.42 Å². The fraction of sp³-hybridized carbons (Fsp3) is 0.667. The Balaban J connectivity index is 2.58. The van der Waals surface area contributed by atoms with E-state index in [1.165, 1.54) is 0 Å². The van der Waals surface area contributed by atoms with Crippen molar-refractivity contribution in [2.45, 2.75) is 32.6 Å². The summed E-state index contributed by atoms with van der Waals surface area (Å²) in [6.07, 6.45) is 0.766. The van der Waals surface area contributed by atoms with Crippen molar-refractivity contribution in [3.8, 4) is 0 Å². The summed E-state index contributed by atoms with van der Waals surface area (Å²) in [5, 5.41) is 8.65. The fourth-order valence-electron chi connectivity index (χ4n) is 1.52. The van der Waals surface area contributed by atoms with Crippen LogP contribution in [-0.4, -0.2) is 28.1 Å². The second-order valence-corrected chi connectivity index (χ2v) is 3.43. The summed E-state index contributed by atoms with van der Waals surface area (Å²) < 4.78 is 0. The van der Waals surface area contributed by atoms with E-state index in [-0.39, 0.29) is 6.42 Å². The Morgan fingerprint density at radius 2 is 2.27 bits per heavy atom. The molecular formula is C9H13NO5. The molecule has 1 fully saturated rings. The molecule has 0 saturated carbocycles. The number of nitrogens with zero attached hydrogens (tertiary/aromatic N) is 1. The summed E-state index contributed by atoms with van der Waals surface area (Å²) in [6.45, 7) is 1.98. The van der Waals surface area contributed by atoms with E-state index >= 15 is 0 Å². The number of unbranched alkanes of at least 4 members (excludes halogenated alkanes) is 1. The minimum atomic E-state index is -1.65. The summed E-state index contributed by atoms with van der Waals surface area (Å²) in [7, 11) is 0. The second-order valence-electron chi connectivity index (χ2n) is 3.43. The van der Waals surface area contributed by atoms with Gasteiger partial charge in [0.1, 0.15) is 0 Å². The third-order valence-corrected chi connectivity index (χ3v) is 2.27. The summed E-state index contributed by atoms with van der Waals surface area (Å²) in [6, 6.07) is 0. The van der Waals surface area contributed by atoms with Gasteiger partial charge in [0, 0.05) is 6.42 Å². The molecule has 0 aromatic carbocycles. The van der Waals surface area contributed by atoms with Crippen molar-refractivity contribution in [2.75, 3.05) is 0 Å². The van der Waals surface area contributed by atoms with Gasteiger partial charge in [0.25, 0.3) is 11.8 Å². The number of amides is 2. The first-order chi connectivity index (χ1) is 7.06. The third kappa shape index (κ3) is 2.68. The quantitative estimate of drug-likeness (QED) is 0.711. The molecule has 0 radical (unpaired) electrons. The molecule has 6 nitrogen and oxygen atoms in total. The lowest BCUT2D eigenvalue weighted by Crippen LogP contribution is -2.32. The van der Waals surface area contributed by atoms with Crippen LogP contribution in [0.3, 0.4) is 0 Å². The lowest BCUT2D eigenvalue weighted by Gasteiger charge is -2.10. The van der Waals surface area contributed by atoms with Crippen molar-refractivity contribution in [2.24, 2.45) is 5.92 Å². The van der Waals surface area contributed by atoms with E-state index in [1.54, 1.807) is 0 Å². The Bertz CT molecular complexity index is 288. The Hall–Kier alpha value is -1.59. The van der Waals surface area contributed by atoms with E-state index in [0.29, 0.717) is 11.5 Å². The summed E-state index contributed by atoms with van der Waals surface area (Å²) in [4.78, 5) is 37.0. The predicted octanol–water partition coefficient (Wildman–Crippen LogP) is 1.16. The molecule has 0 bridgehead atoms. The maximum atomic E-state index is 11.5. The van der Waals surface area contributed by atoms with Crippen LogP contribution in [-0.2, 0) is 14.4 Å². The molecule has 1 heterocycles. The van der Waals surface area contributed by atoms with Crippen LogP contribution in [0.4, 0.5) is 4.79 Å². The topological polar surface area (TPSA) is 83.9 Å². The van der Waals surface area contributed by atoms with E-state index in [4.69, 9.17) is 5.11 Å². The number of carboxylic acid groups (broad SMARTS) is 1. The van der Waals surface area contributed by atoms with E-state index in [1.807, 2.05) is 6.92 Å². The van der Waals surface area contributed by atoms with Crippen LogP contribution in [0.15, 0.2) is 0 Å². The molecule has 0 spiro atoms. The zero-order valence-electron chi connectivity index (χ0n) is 8.43. The number of rotatable bonds is 4. The van der Waals surface area contributed by atoms with Crippen molar-refractivity contribution in [3.05, 3.63) is 0 Å². The molecule has 1 aliphatic rings. The minimum Gasteiger partial charge on any atom is -0.448 e.